The molecule has 2 aliphatic rings. The third-order valence-corrected chi connectivity index (χ3v) is 5.48. The Morgan fingerprint density at radius 1 is 1.46 bits per heavy atom. The first-order valence-corrected chi connectivity index (χ1v) is 9.33. The van der Waals surface area contributed by atoms with E-state index >= 15 is 0 Å². The predicted octanol–water partition coefficient (Wildman–Crippen LogP) is 1.42. The Balaban J connectivity index is 1.85. The van der Waals surface area contributed by atoms with E-state index in [0.29, 0.717) is 25.3 Å². The molecule has 2 aromatic heterocycles. The number of aromatic nitrogens is 2. The Hall–Kier alpha value is -2.81. The normalized spacial score (nSPS) is 21.0. The number of carbonyl (C=O) groups is 1. The SMILES string of the molecule is CN=C1CN(c2nc3c(cc2F)c(=O)c(C(=O)O)cn3C2CC2)CC1CCN. The summed E-state index contributed by atoms with van der Waals surface area (Å²) >= 11 is 0. The zero-order valence-electron chi connectivity index (χ0n) is 15.6. The van der Waals surface area contributed by atoms with Gasteiger partial charge in [-0.3, -0.25) is 9.79 Å². The summed E-state index contributed by atoms with van der Waals surface area (Å²) in [5, 5.41) is 9.32. The number of nitrogens with zero attached hydrogens (tertiary/aromatic N) is 4. The Kier molecular flexibility index (Phi) is 4.62. The molecule has 0 bridgehead atoms. The molecule has 8 nitrogen and oxygen atoms in total. The van der Waals surface area contributed by atoms with Gasteiger partial charge in [-0.05, 0) is 31.9 Å². The lowest BCUT2D eigenvalue weighted by atomic mass is 10.0. The number of carboxylic acids is 1. The molecule has 1 atom stereocenters. The highest BCUT2D eigenvalue weighted by atomic mass is 19.1. The van der Waals surface area contributed by atoms with Crippen LogP contribution < -0.4 is 16.1 Å². The third-order valence-electron chi connectivity index (χ3n) is 5.48. The van der Waals surface area contributed by atoms with E-state index in [0.717, 1.165) is 31.0 Å². The molecule has 1 saturated heterocycles. The highest BCUT2D eigenvalue weighted by Crippen LogP contribution is 2.37. The van der Waals surface area contributed by atoms with Crippen LogP contribution in [0.3, 0.4) is 0 Å². The molecule has 3 N–H and O–H groups in total. The average molecular weight is 387 g/mol. The van der Waals surface area contributed by atoms with Crippen LogP contribution in [0, 0.1) is 11.7 Å². The molecule has 9 heteroatoms. The number of hydrogen-bond acceptors (Lipinski definition) is 6. The van der Waals surface area contributed by atoms with Gasteiger partial charge >= 0.3 is 5.97 Å². The maximum atomic E-state index is 14.9. The average Bonchev–Trinajstić information content (AvgIpc) is 3.42. The molecule has 148 valence electrons. The van der Waals surface area contributed by atoms with E-state index < -0.39 is 17.2 Å². The summed E-state index contributed by atoms with van der Waals surface area (Å²) in [6.07, 6.45) is 3.84. The summed E-state index contributed by atoms with van der Waals surface area (Å²) in [6, 6.07) is 1.20. The largest absolute Gasteiger partial charge is 0.477 e. The topological polar surface area (TPSA) is 114 Å². The van der Waals surface area contributed by atoms with Gasteiger partial charge in [0.15, 0.2) is 11.6 Å². The fourth-order valence-electron chi connectivity index (χ4n) is 3.88. The quantitative estimate of drug-likeness (QED) is 0.802. The molecule has 28 heavy (non-hydrogen) atoms. The molecule has 0 amide bonds. The minimum atomic E-state index is -1.32. The number of hydrogen-bond donors (Lipinski definition) is 2. The van der Waals surface area contributed by atoms with Crippen molar-refractivity contribution in [3.05, 3.63) is 33.9 Å². The van der Waals surface area contributed by atoms with Crippen molar-refractivity contribution < 1.29 is 14.3 Å². The molecule has 0 spiro atoms. The second kappa shape index (κ2) is 6.97. The van der Waals surface area contributed by atoms with Gasteiger partial charge < -0.3 is 20.3 Å². The predicted molar refractivity (Wildman–Crippen MR) is 104 cm³/mol. The Morgan fingerprint density at radius 3 is 2.82 bits per heavy atom. The minimum absolute atomic E-state index is 0.00450. The highest BCUT2D eigenvalue weighted by molar-refractivity contribution is 5.95. The molecule has 2 aromatic rings. The van der Waals surface area contributed by atoms with Gasteiger partial charge in [-0.1, -0.05) is 0 Å². The van der Waals surface area contributed by atoms with Crippen LogP contribution in [0.5, 0.6) is 0 Å². The van der Waals surface area contributed by atoms with Gasteiger partial charge in [0, 0.05) is 37.5 Å². The van der Waals surface area contributed by atoms with Crippen molar-refractivity contribution in [1.29, 1.82) is 0 Å². The van der Waals surface area contributed by atoms with Crippen molar-refractivity contribution in [2.24, 2.45) is 16.6 Å². The lowest BCUT2D eigenvalue weighted by Gasteiger charge is -2.19. The summed E-state index contributed by atoms with van der Waals surface area (Å²) in [4.78, 5) is 34.6. The molecular formula is C19H22FN5O3. The smallest absolute Gasteiger partial charge is 0.341 e. The lowest BCUT2D eigenvalue weighted by Crippen LogP contribution is -2.25. The second-order valence-corrected chi connectivity index (χ2v) is 7.35. The van der Waals surface area contributed by atoms with Gasteiger partial charge in [-0.25, -0.2) is 14.2 Å². The summed E-state index contributed by atoms with van der Waals surface area (Å²) in [5.41, 5.74) is 5.88. The molecule has 2 fully saturated rings. The molecule has 3 heterocycles. The van der Waals surface area contributed by atoms with E-state index in [1.54, 1.807) is 11.6 Å². The molecule has 1 aliphatic carbocycles. The van der Waals surface area contributed by atoms with E-state index in [9.17, 15) is 19.1 Å². The molecule has 0 radical (unpaired) electrons. The van der Waals surface area contributed by atoms with Crippen LogP contribution in [0.25, 0.3) is 11.0 Å². The van der Waals surface area contributed by atoms with Gasteiger partial charge in [0.2, 0.25) is 5.43 Å². The third kappa shape index (κ3) is 3.05. The Morgan fingerprint density at radius 2 is 2.21 bits per heavy atom. The molecule has 1 aliphatic heterocycles. The lowest BCUT2D eigenvalue weighted by molar-refractivity contribution is 0.0695. The van der Waals surface area contributed by atoms with Crippen molar-refractivity contribution in [1.82, 2.24) is 9.55 Å². The number of anilines is 1. The van der Waals surface area contributed by atoms with Crippen molar-refractivity contribution in [3.8, 4) is 0 Å². The number of rotatable bonds is 5. The molecule has 1 saturated carbocycles. The zero-order chi connectivity index (χ0) is 20.0. The van der Waals surface area contributed by atoms with E-state index in [1.165, 1.54) is 6.20 Å². The number of nitrogens with two attached hydrogens (primary N) is 1. The zero-order valence-corrected chi connectivity index (χ0v) is 15.6. The van der Waals surface area contributed by atoms with Gasteiger partial charge in [0.05, 0.1) is 11.9 Å². The number of aromatic carboxylic acids is 1. The van der Waals surface area contributed by atoms with Crippen LogP contribution in [0.15, 0.2) is 22.1 Å². The maximum absolute atomic E-state index is 14.9. The summed E-state index contributed by atoms with van der Waals surface area (Å²) < 4.78 is 16.6. The van der Waals surface area contributed by atoms with Gasteiger partial charge in [-0.15, -0.1) is 0 Å². The number of aliphatic imine (C=N–C) groups is 1. The highest BCUT2D eigenvalue weighted by Gasteiger charge is 2.32. The van der Waals surface area contributed by atoms with Gasteiger partial charge in [0.25, 0.3) is 0 Å². The minimum Gasteiger partial charge on any atom is -0.477 e. The first-order chi connectivity index (χ1) is 13.4. The van der Waals surface area contributed by atoms with Crippen molar-refractivity contribution in [2.75, 3.05) is 31.6 Å². The van der Waals surface area contributed by atoms with Crippen molar-refractivity contribution in [2.45, 2.75) is 25.3 Å². The van der Waals surface area contributed by atoms with Crippen LogP contribution in [0.2, 0.25) is 0 Å². The van der Waals surface area contributed by atoms with Crippen LogP contribution >= 0.6 is 0 Å². The van der Waals surface area contributed by atoms with Crippen LogP contribution in [-0.4, -0.2) is 53.0 Å². The summed E-state index contributed by atoms with van der Waals surface area (Å²) in [6.45, 7) is 1.53. The summed E-state index contributed by atoms with van der Waals surface area (Å²) in [7, 11) is 1.71. The van der Waals surface area contributed by atoms with E-state index in [-0.39, 0.29) is 28.7 Å². The standard InChI is InChI=1S/C19H22FN5O3/c1-22-15-9-24(7-10(15)4-5-21)18-14(20)6-12-16(26)13(19(27)28)8-25(11-2-3-11)17(12)23-18/h6,8,10-11H,2-5,7,9,21H2,1H3,(H,27,28). The van der Waals surface area contributed by atoms with E-state index in [2.05, 4.69) is 9.98 Å². The van der Waals surface area contributed by atoms with Gasteiger partial charge in [0.1, 0.15) is 11.2 Å². The fourth-order valence-corrected chi connectivity index (χ4v) is 3.88. The Labute approximate surface area is 160 Å². The molecule has 1 unspecified atom stereocenters. The van der Waals surface area contributed by atoms with E-state index in [4.69, 9.17) is 5.73 Å². The first-order valence-electron chi connectivity index (χ1n) is 9.33. The molecule has 4 rings (SSSR count). The summed E-state index contributed by atoms with van der Waals surface area (Å²) in [5.74, 6) is -1.66. The van der Waals surface area contributed by atoms with Gasteiger partial charge in [-0.2, -0.15) is 0 Å². The fraction of sp³-hybridized carbons (Fsp3) is 0.474. The second-order valence-electron chi connectivity index (χ2n) is 7.35. The molecular weight excluding hydrogens is 365 g/mol. The monoisotopic (exact) mass is 387 g/mol. The van der Waals surface area contributed by atoms with Crippen molar-refractivity contribution >= 4 is 28.5 Å². The van der Waals surface area contributed by atoms with Crippen molar-refractivity contribution in [3.63, 3.8) is 0 Å². The van der Waals surface area contributed by atoms with Crippen LogP contribution in [0.4, 0.5) is 10.2 Å². The maximum Gasteiger partial charge on any atom is 0.341 e. The number of carboxylic acid groups (broad SMARTS) is 1. The number of pyridine rings is 2. The van der Waals surface area contributed by atoms with E-state index in [1.807, 2.05) is 4.90 Å². The molecule has 0 aromatic carbocycles. The number of halogens is 1. The van der Waals surface area contributed by atoms with Crippen LogP contribution in [0.1, 0.15) is 35.7 Å². The number of fused-ring (bicyclic) bond motifs is 1. The van der Waals surface area contributed by atoms with Crippen LogP contribution in [-0.2, 0) is 0 Å². The Bertz CT molecular complexity index is 1040. The first kappa shape index (κ1) is 18.5.